The smallest absolute Gasteiger partial charge is 0.307 e. The molecule has 5 nitrogen and oxygen atoms in total. The fraction of sp³-hybridized carbons (Fsp3) is 0.235. The van der Waals surface area contributed by atoms with Gasteiger partial charge in [-0.1, -0.05) is 12.1 Å². The molecular formula is C17H19FN2O3S. The molecule has 0 aliphatic heterocycles. The van der Waals surface area contributed by atoms with Crippen molar-refractivity contribution in [2.75, 3.05) is 16.9 Å². The fourth-order valence-electron chi connectivity index (χ4n) is 2.23. The van der Waals surface area contributed by atoms with Crippen molar-refractivity contribution in [2.45, 2.75) is 19.6 Å². The van der Waals surface area contributed by atoms with Gasteiger partial charge in [-0.05, 0) is 54.8 Å². The number of amides is 2. The number of hydrogen-bond acceptors (Lipinski definition) is 3. The lowest BCUT2D eigenvalue weighted by atomic mass is 10.1. The first-order valence-electron chi connectivity index (χ1n) is 7.25. The molecule has 0 bridgehead atoms. The number of nitrogens with one attached hydrogen (secondary N) is 2. The molecule has 2 aromatic carbocycles. The van der Waals surface area contributed by atoms with Crippen molar-refractivity contribution in [3.63, 3.8) is 0 Å². The Balaban J connectivity index is 2.21. The van der Waals surface area contributed by atoms with Crippen molar-refractivity contribution in [3.8, 4) is 0 Å². The predicted molar refractivity (Wildman–Crippen MR) is 93.5 cm³/mol. The summed E-state index contributed by atoms with van der Waals surface area (Å²) in [7, 11) is -3.36. The Labute approximate surface area is 140 Å². The summed E-state index contributed by atoms with van der Waals surface area (Å²) in [5.41, 5.74) is 3.00. The maximum Gasteiger partial charge on any atom is 0.323 e. The van der Waals surface area contributed by atoms with Crippen LogP contribution in [-0.4, -0.2) is 20.7 Å². The van der Waals surface area contributed by atoms with Crippen molar-refractivity contribution < 1.29 is 17.6 Å². The minimum absolute atomic E-state index is 0.202. The third kappa shape index (κ3) is 5.06. The lowest BCUT2D eigenvalue weighted by molar-refractivity contribution is 0.262. The van der Waals surface area contributed by atoms with Gasteiger partial charge >= 0.3 is 6.03 Å². The van der Waals surface area contributed by atoms with E-state index in [1.165, 1.54) is 12.1 Å². The van der Waals surface area contributed by atoms with Gasteiger partial charge in [0.25, 0.3) is 0 Å². The summed E-state index contributed by atoms with van der Waals surface area (Å²) in [6.07, 6.45) is 1.05. The van der Waals surface area contributed by atoms with Crippen LogP contribution in [0.5, 0.6) is 0 Å². The van der Waals surface area contributed by atoms with Crippen LogP contribution < -0.4 is 10.6 Å². The zero-order chi connectivity index (χ0) is 17.9. The average Bonchev–Trinajstić information content (AvgIpc) is 2.44. The molecule has 24 heavy (non-hydrogen) atoms. The van der Waals surface area contributed by atoms with Gasteiger partial charge in [-0.25, -0.2) is 17.6 Å². The molecule has 2 amide bonds. The molecule has 7 heteroatoms. The van der Waals surface area contributed by atoms with Gasteiger partial charge in [-0.3, -0.25) is 0 Å². The van der Waals surface area contributed by atoms with Gasteiger partial charge in [-0.15, -0.1) is 0 Å². The highest BCUT2D eigenvalue weighted by Gasteiger charge is 2.13. The van der Waals surface area contributed by atoms with Crippen molar-refractivity contribution in [1.29, 1.82) is 0 Å². The molecule has 0 aromatic heterocycles. The lowest BCUT2D eigenvalue weighted by Gasteiger charge is -2.13. The van der Waals surface area contributed by atoms with E-state index in [9.17, 15) is 17.6 Å². The molecule has 0 aliphatic carbocycles. The van der Waals surface area contributed by atoms with Crippen LogP contribution >= 0.6 is 0 Å². The van der Waals surface area contributed by atoms with Crippen molar-refractivity contribution in [2.24, 2.45) is 0 Å². The highest BCUT2D eigenvalue weighted by atomic mass is 32.2. The van der Waals surface area contributed by atoms with E-state index >= 15 is 0 Å². The summed E-state index contributed by atoms with van der Waals surface area (Å²) in [6, 6.07) is 8.74. The van der Waals surface area contributed by atoms with E-state index in [0.717, 1.165) is 23.4 Å². The third-order valence-corrected chi connectivity index (χ3v) is 4.21. The number of sulfone groups is 1. The molecule has 0 radical (unpaired) electrons. The molecule has 0 aliphatic rings. The highest BCUT2D eigenvalue weighted by Crippen LogP contribution is 2.21. The number of aryl methyl sites for hydroxylation is 2. The van der Waals surface area contributed by atoms with Gasteiger partial charge < -0.3 is 10.6 Å². The second-order valence-corrected chi connectivity index (χ2v) is 7.91. The molecular weight excluding hydrogens is 331 g/mol. The van der Waals surface area contributed by atoms with Crippen LogP contribution in [0.15, 0.2) is 36.4 Å². The zero-order valence-corrected chi connectivity index (χ0v) is 14.5. The highest BCUT2D eigenvalue weighted by molar-refractivity contribution is 7.89. The molecule has 2 aromatic rings. The monoisotopic (exact) mass is 350 g/mol. The van der Waals surface area contributed by atoms with Gasteiger partial charge in [0.15, 0.2) is 9.84 Å². The summed E-state index contributed by atoms with van der Waals surface area (Å²) < 4.78 is 36.3. The maximum atomic E-state index is 13.4. The van der Waals surface area contributed by atoms with Gasteiger partial charge in [0.1, 0.15) is 5.82 Å². The van der Waals surface area contributed by atoms with E-state index in [4.69, 9.17) is 0 Å². The van der Waals surface area contributed by atoms with Gasteiger partial charge in [0, 0.05) is 17.6 Å². The largest absolute Gasteiger partial charge is 0.323 e. The summed E-state index contributed by atoms with van der Waals surface area (Å²) in [5, 5.41) is 5.29. The first kappa shape index (κ1) is 17.9. The quantitative estimate of drug-likeness (QED) is 0.884. The Bertz CT molecular complexity index is 879. The first-order valence-corrected chi connectivity index (χ1v) is 9.31. The molecule has 0 saturated heterocycles. The Kier molecular flexibility index (Phi) is 5.23. The number of urea groups is 1. The Hall–Kier alpha value is -2.41. The molecule has 2 rings (SSSR count). The van der Waals surface area contributed by atoms with Crippen LogP contribution in [0.3, 0.4) is 0 Å². The van der Waals surface area contributed by atoms with Gasteiger partial charge in [0.05, 0.1) is 5.75 Å². The second-order valence-electron chi connectivity index (χ2n) is 5.77. The summed E-state index contributed by atoms with van der Waals surface area (Å²) >= 11 is 0. The number of rotatable bonds is 4. The summed E-state index contributed by atoms with van der Waals surface area (Å²) in [4.78, 5) is 12.2. The molecule has 128 valence electrons. The predicted octanol–water partition coefficient (Wildman–Crippen LogP) is 3.63. The average molecular weight is 350 g/mol. The molecule has 0 saturated carbocycles. The third-order valence-electron chi connectivity index (χ3n) is 3.37. The number of carbonyl (C=O) groups is 1. The van der Waals surface area contributed by atoms with E-state index in [1.807, 2.05) is 32.0 Å². The molecule has 0 spiro atoms. The van der Waals surface area contributed by atoms with Gasteiger partial charge in [-0.2, -0.15) is 0 Å². The Morgan fingerprint density at radius 1 is 1.04 bits per heavy atom. The van der Waals surface area contributed by atoms with E-state index < -0.39 is 21.7 Å². The molecule has 2 N–H and O–H groups in total. The topological polar surface area (TPSA) is 75.3 Å². The maximum absolute atomic E-state index is 13.4. The number of carbonyl (C=O) groups excluding carboxylic acids is 1. The molecule has 0 atom stereocenters. The van der Waals surface area contributed by atoms with Crippen molar-refractivity contribution >= 4 is 27.2 Å². The minimum atomic E-state index is -3.36. The minimum Gasteiger partial charge on any atom is -0.307 e. The van der Waals surface area contributed by atoms with Crippen LogP contribution in [0.1, 0.15) is 16.7 Å². The van der Waals surface area contributed by atoms with Crippen LogP contribution in [-0.2, 0) is 15.6 Å². The number of hydrogen-bond donors (Lipinski definition) is 2. The van der Waals surface area contributed by atoms with Crippen LogP contribution in [0.4, 0.5) is 20.6 Å². The van der Waals surface area contributed by atoms with Crippen LogP contribution in [0.2, 0.25) is 0 Å². The molecule has 0 unspecified atom stereocenters. The van der Waals surface area contributed by atoms with Crippen LogP contribution in [0.25, 0.3) is 0 Å². The lowest BCUT2D eigenvalue weighted by Crippen LogP contribution is -2.21. The van der Waals surface area contributed by atoms with Crippen LogP contribution in [0, 0.1) is 19.7 Å². The van der Waals surface area contributed by atoms with Gasteiger partial charge in [0.2, 0.25) is 0 Å². The first-order chi connectivity index (χ1) is 11.1. The van der Waals surface area contributed by atoms with Crippen molar-refractivity contribution in [3.05, 3.63) is 58.9 Å². The van der Waals surface area contributed by atoms with Crippen molar-refractivity contribution in [1.82, 2.24) is 0 Å². The fourth-order valence-corrected chi connectivity index (χ4v) is 3.04. The number of anilines is 2. The molecule has 0 heterocycles. The number of halogens is 1. The van der Waals surface area contributed by atoms with E-state index in [-0.39, 0.29) is 17.0 Å². The summed E-state index contributed by atoms with van der Waals surface area (Å²) in [5.74, 6) is -0.918. The van der Waals surface area contributed by atoms with E-state index in [0.29, 0.717) is 5.69 Å². The SMILES string of the molecule is Cc1ccc(C)c(NC(=O)Nc2ccc(F)cc2CS(C)(=O)=O)c1. The summed E-state index contributed by atoms with van der Waals surface area (Å²) in [6.45, 7) is 3.77. The zero-order valence-electron chi connectivity index (χ0n) is 13.7. The second kappa shape index (κ2) is 7.00. The molecule has 0 fully saturated rings. The standard InChI is InChI=1S/C17H19FN2O3S/c1-11-4-5-12(2)16(8-11)20-17(21)19-15-7-6-14(18)9-13(15)10-24(3,22)23/h4-9H,10H2,1-3H3,(H2,19,20,21). The Morgan fingerprint density at radius 2 is 1.71 bits per heavy atom. The number of benzene rings is 2. The van der Waals surface area contributed by atoms with E-state index in [2.05, 4.69) is 10.6 Å². The Morgan fingerprint density at radius 3 is 2.38 bits per heavy atom. The van der Waals surface area contributed by atoms with E-state index in [1.54, 1.807) is 0 Å². The normalized spacial score (nSPS) is 11.2.